The average Bonchev–Trinajstić information content (AvgIpc) is 3.26. The summed E-state index contributed by atoms with van der Waals surface area (Å²) in [7, 11) is 0. The van der Waals surface area contributed by atoms with Gasteiger partial charge in [0.1, 0.15) is 18.6 Å². The predicted octanol–water partition coefficient (Wildman–Crippen LogP) is 3.29. The van der Waals surface area contributed by atoms with Crippen LogP contribution in [0.3, 0.4) is 0 Å². The molecule has 0 bridgehead atoms. The number of oxazole rings is 1. The van der Waals surface area contributed by atoms with Crippen LogP contribution in [0.4, 0.5) is 19.2 Å². The van der Waals surface area contributed by atoms with Gasteiger partial charge < -0.3 is 9.32 Å². The number of para-hydroxylation sites is 1. The molecule has 0 N–H and O–H groups in total. The Balaban J connectivity index is 1.90. The molecule has 0 amide bonds. The largest absolute Gasteiger partial charge is 0.432 e. The van der Waals surface area contributed by atoms with Gasteiger partial charge in [0, 0.05) is 6.54 Å². The fourth-order valence-electron chi connectivity index (χ4n) is 3.39. The minimum atomic E-state index is -4.53. The zero-order valence-corrected chi connectivity index (χ0v) is 13.6. The maximum absolute atomic E-state index is 13.1. The van der Waals surface area contributed by atoms with Crippen LogP contribution in [0.5, 0.6) is 0 Å². The van der Waals surface area contributed by atoms with Crippen LogP contribution < -0.4 is 10.5 Å². The number of benzene rings is 1. The van der Waals surface area contributed by atoms with Crippen molar-refractivity contribution in [2.24, 2.45) is 0 Å². The molecule has 0 aliphatic carbocycles. The van der Waals surface area contributed by atoms with Crippen LogP contribution in [0.25, 0.3) is 10.9 Å². The molecule has 3 heterocycles. The first-order valence-electron chi connectivity index (χ1n) is 8.16. The highest BCUT2D eigenvalue weighted by Crippen LogP contribution is 2.35. The van der Waals surface area contributed by atoms with E-state index in [1.165, 1.54) is 18.5 Å². The topological polar surface area (TPSA) is 64.2 Å². The van der Waals surface area contributed by atoms with Crippen molar-refractivity contribution in [3.05, 3.63) is 52.9 Å². The molecule has 6 nitrogen and oxygen atoms in total. The highest BCUT2D eigenvalue weighted by molar-refractivity contribution is 5.77. The molecular weight excluding hydrogens is 349 g/mol. The van der Waals surface area contributed by atoms with Gasteiger partial charge in [-0.15, -0.1) is 0 Å². The molecule has 2 aromatic heterocycles. The minimum absolute atomic E-state index is 0.0849. The Morgan fingerprint density at radius 2 is 2.08 bits per heavy atom. The van der Waals surface area contributed by atoms with Crippen molar-refractivity contribution in [2.75, 3.05) is 11.4 Å². The maximum Gasteiger partial charge on any atom is 0.406 e. The van der Waals surface area contributed by atoms with Gasteiger partial charge in [0.05, 0.1) is 23.1 Å². The second kappa shape index (κ2) is 6.15. The number of nitrogens with zero attached hydrogens (tertiary/aromatic N) is 4. The Morgan fingerprint density at radius 1 is 1.27 bits per heavy atom. The van der Waals surface area contributed by atoms with E-state index in [2.05, 4.69) is 9.97 Å². The lowest BCUT2D eigenvalue weighted by Crippen LogP contribution is -2.36. The van der Waals surface area contributed by atoms with Gasteiger partial charge in [0.2, 0.25) is 0 Å². The molecule has 0 spiro atoms. The normalized spacial score (nSPS) is 18.0. The molecule has 26 heavy (non-hydrogen) atoms. The highest BCUT2D eigenvalue weighted by Gasteiger charge is 2.36. The van der Waals surface area contributed by atoms with E-state index in [-0.39, 0.29) is 11.2 Å². The third-order valence-corrected chi connectivity index (χ3v) is 4.44. The molecule has 4 rings (SSSR count). The zero-order chi connectivity index (χ0) is 18.3. The van der Waals surface area contributed by atoms with Crippen molar-refractivity contribution in [1.29, 1.82) is 0 Å². The third-order valence-electron chi connectivity index (χ3n) is 4.44. The molecule has 1 aliphatic heterocycles. The van der Waals surface area contributed by atoms with Gasteiger partial charge in [0.25, 0.3) is 11.6 Å². The lowest BCUT2D eigenvalue weighted by Gasteiger charge is -2.25. The SMILES string of the molecule is O=c1c2ccccc2nc(C2CCCN2c2ncco2)n1CC(F)(F)F. The summed E-state index contributed by atoms with van der Waals surface area (Å²) >= 11 is 0. The van der Waals surface area contributed by atoms with Crippen LogP contribution >= 0.6 is 0 Å². The highest BCUT2D eigenvalue weighted by atomic mass is 19.4. The molecule has 1 saturated heterocycles. The molecule has 9 heteroatoms. The number of alkyl halides is 3. The van der Waals surface area contributed by atoms with Crippen LogP contribution in [0, 0.1) is 0 Å². The van der Waals surface area contributed by atoms with Crippen molar-refractivity contribution in [3.63, 3.8) is 0 Å². The van der Waals surface area contributed by atoms with E-state index in [9.17, 15) is 18.0 Å². The summed E-state index contributed by atoms with van der Waals surface area (Å²) in [4.78, 5) is 23.0. The lowest BCUT2D eigenvalue weighted by molar-refractivity contribution is -0.141. The molecule has 3 aromatic rings. The first kappa shape index (κ1) is 16.6. The Morgan fingerprint density at radius 3 is 2.81 bits per heavy atom. The van der Waals surface area contributed by atoms with Gasteiger partial charge in [-0.3, -0.25) is 9.36 Å². The van der Waals surface area contributed by atoms with Gasteiger partial charge >= 0.3 is 6.18 Å². The van der Waals surface area contributed by atoms with E-state index < -0.39 is 24.3 Å². The van der Waals surface area contributed by atoms with Crippen molar-refractivity contribution in [1.82, 2.24) is 14.5 Å². The van der Waals surface area contributed by atoms with E-state index in [0.29, 0.717) is 24.5 Å². The van der Waals surface area contributed by atoms with Gasteiger partial charge in [0.15, 0.2) is 0 Å². The summed E-state index contributed by atoms with van der Waals surface area (Å²) in [6.07, 6.45) is -0.357. The Kier molecular flexibility index (Phi) is 3.93. The number of rotatable bonds is 3. The van der Waals surface area contributed by atoms with Crippen LogP contribution in [0.2, 0.25) is 0 Å². The lowest BCUT2D eigenvalue weighted by atomic mass is 10.1. The fraction of sp³-hybridized carbons (Fsp3) is 0.353. The Hall–Kier alpha value is -2.84. The van der Waals surface area contributed by atoms with Crippen LogP contribution in [-0.2, 0) is 6.54 Å². The van der Waals surface area contributed by atoms with Crippen LogP contribution in [-0.4, -0.2) is 27.3 Å². The van der Waals surface area contributed by atoms with Gasteiger partial charge in [-0.1, -0.05) is 12.1 Å². The molecule has 1 aromatic carbocycles. The number of hydrogen-bond donors (Lipinski definition) is 0. The molecule has 1 unspecified atom stereocenters. The standard InChI is InChI=1S/C17H15F3N4O2/c18-17(19,20)10-24-14(22-12-5-2-1-4-11(12)15(24)25)13-6-3-8-23(13)16-21-7-9-26-16/h1-2,4-5,7,9,13H,3,6,8,10H2. The van der Waals surface area contributed by atoms with Crippen LogP contribution in [0.1, 0.15) is 24.7 Å². The summed E-state index contributed by atoms with van der Waals surface area (Å²) < 4.78 is 45.4. The van der Waals surface area contributed by atoms with Crippen LogP contribution in [0.15, 0.2) is 45.9 Å². The van der Waals surface area contributed by atoms with Crippen molar-refractivity contribution < 1.29 is 17.6 Å². The van der Waals surface area contributed by atoms with E-state index in [4.69, 9.17) is 4.42 Å². The van der Waals surface area contributed by atoms with Gasteiger partial charge in [-0.2, -0.15) is 13.2 Å². The fourth-order valence-corrected chi connectivity index (χ4v) is 3.39. The van der Waals surface area contributed by atoms with Crippen molar-refractivity contribution >= 4 is 16.9 Å². The van der Waals surface area contributed by atoms with Crippen molar-refractivity contribution in [2.45, 2.75) is 31.6 Å². The van der Waals surface area contributed by atoms with E-state index in [0.717, 1.165) is 11.0 Å². The van der Waals surface area contributed by atoms with Gasteiger partial charge in [-0.25, -0.2) is 9.97 Å². The van der Waals surface area contributed by atoms with E-state index >= 15 is 0 Å². The molecule has 1 aliphatic rings. The molecule has 0 saturated carbocycles. The van der Waals surface area contributed by atoms with Gasteiger partial charge in [-0.05, 0) is 25.0 Å². The Bertz CT molecular complexity index is 982. The molecule has 0 radical (unpaired) electrons. The number of aromatic nitrogens is 3. The average molecular weight is 364 g/mol. The second-order valence-electron chi connectivity index (χ2n) is 6.16. The Labute approximate surface area is 145 Å². The van der Waals surface area contributed by atoms with E-state index in [1.54, 1.807) is 23.1 Å². The number of halogens is 3. The predicted molar refractivity (Wildman–Crippen MR) is 87.9 cm³/mol. The smallest absolute Gasteiger partial charge is 0.406 e. The summed E-state index contributed by atoms with van der Waals surface area (Å²) in [6, 6.07) is 6.23. The minimum Gasteiger partial charge on any atom is -0.432 e. The summed E-state index contributed by atoms with van der Waals surface area (Å²) in [6.45, 7) is -0.811. The summed E-state index contributed by atoms with van der Waals surface area (Å²) in [5.74, 6) is 0.0849. The molecule has 1 atom stereocenters. The molecular formula is C17H15F3N4O2. The van der Waals surface area contributed by atoms with E-state index in [1.807, 2.05) is 0 Å². The number of hydrogen-bond acceptors (Lipinski definition) is 5. The first-order chi connectivity index (χ1) is 12.4. The molecule has 136 valence electrons. The maximum atomic E-state index is 13.1. The number of anilines is 1. The third kappa shape index (κ3) is 2.93. The number of fused-ring (bicyclic) bond motifs is 1. The van der Waals surface area contributed by atoms with Crippen molar-refractivity contribution in [3.8, 4) is 0 Å². The zero-order valence-electron chi connectivity index (χ0n) is 13.6. The monoisotopic (exact) mass is 364 g/mol. The quantitative estimate of drug-likeness (QED) is 0.714. The summed E-state index contributed by atoms with van der Waals surface area (Å²) in [5, 5.41) is 0.168. The first-order valence-corrected chi connectivity index (χ1v) is 8.16. The second-order valence-corrected chi connectivity index (χ2v) is 6.16. The molecule has 1 fully saturated rings. The summed E-state index contributed by atoms with van der Waals surface area (Å²) in [5.41, 5.74) is -0.313.